The van der Waals surface area contributed by atoms with Crippen LogP contribution in [-0.4, -0.2) is 22.4 Å². The lowest BCUT2D eigenvalue weighted by Gasteiger charge is -2.11. The van der Waals surface area contributed by atoms with E-state index in [9.17, 15) is 0 Å². The monoisotopic (exact) mass is 385 g/mol. The van der Waals surface area contributed by atoms with Gasteiger partial charge in [-0.15, -0.1) is 0 Å². The second-order valence-corrected chi connectivity index (χ2v) is 7.13. The summed E-state index contributed by atoms with van der Waals surface area (Å²) in [6.45, 7) is 2.74. The molecule has 0 aliphatic carbocycles. The number of pyridine rings is 1. The molecule has 0 radical (unpaired) electrons. The fourth-order valence-corrected chi connectivity index (χ4v) is 3.64. The SMILES string of the molecule is Cc1cccnc1NC(=S)NCCSCc1c(Cl)cccc1Cl. The third kappa shape index (κ3) is 5.84. The Morgan fingerprint density at radius 3 is 2.65 bits per heavy atom. The van der Waals surface area contributed by atoms with E-state index in [1.165, 1.54) is 0 Å². The van der Waals surface area contributed by atoms with Gasteiger partial charge < -0.3 is 10.6 Å². The zero-order chi connectivity index (χ0) is 16.7. The molecule has 122 valence electrons. The number of hydrogen-bond acceptors (Lipinski definition) is 3. The molecule has 0 fully saturated rings. The topological polar surface area (TPSA) is 37.0 Å². The quantitative estimate of drug-likeness (QED) is 0.545. The average Bonchev–Trinajstić information content (AvgIpc) is 2.52. The summed E-state index contributed by atoms with van der Waals surface area (Å²) in [6.07, 6.45) is 1.74. The van der Waals surface area contributed by atoms with E-state index in [1.54, 1.807) is 18.0 Å². The molecule has 2 aromatic rings. The highest BCUT2D eigenvalue weighted by atomic mass is 35.5. The Hall–Kier alpha value is -1.01. The Kier molecular flexibility index (Phi) is 7.43. The van der Waals surface area contributed by atoms with Gasteiger partial charge in [0.2, 0.25) is 0 Å². The molecule has 0 bridgehead atoms. The van der Waals surface area contributed by atoms with Crippen LogP contribution < -0.4 is 10.6 Å². The number of halogens is 2. The largest absolute Gasteiger partial charge is 0.362 e. The molecular formula is C16H17Cl2N3S2. The highest BCUT2D eigenvalue weighted by Gasteiger charge is 2.05. The second kappa shape index (κ2) is 9.33. The Labute approximate surface area is 156 Å². The van der Waals surface area contributed by atoms with E-state index in [0.29, 0.717) is 15.2 Å². The normalized spacial score (nSPS) is 10.4. The van der Waals surface area contributed by atoms with Gasteiger partial charge in [-0.25, -0.2) is 4.98 Å². The number of nitrogens with zero attached hydrogens (tertiary/aromatic N) is 1. The molecule has 0 unspecified atom stereocenters. The summed E-state index contributed by atoms with van der Waals surface area (Å²) in [5, 5.41) is 8.25. The first-order chi connectivity index (χ1) is 11.1. The number of thioether (sulfide) groups is 1. The predicted molar refractivity (Wildman–Crippen MR) is 106 cm³/mol. The van der Waals surface area contributed by atoms with Crippen LogP contribution in [0.5, 0.6) is 0 Å². The van der Waals surface area contributed by atoms with Crippen LogP contribution in [0.4, 0.5) is 5.82 Å². The number of benzene rings is 1. The Bertz CT molecular complexity index is 660. The van der Waals surface area contributed by atoms with Crippen molar-refractivity contribution in [3.63, 3.8) is 0 Å². The smallest absolute Gasteiger partial charge is 0.171 e. The number of aromatic nitrogens is 1. The van der Waals surface area contributed by atoms with Gasteiger partial charge in [-0.2, -0.15) is 11.8 Å². The van der Waals surface area contributed by atoms with Crippen molar-refractivity contribution in [2.45, 2.75) is 12.7 Å². The lowest BCUT2D eigenvalue weighted by molar-refractivity contribution is 0.987. The molecule has 0 aliphatic rings. The Morgan fingerprint density at radius 1 is 1.22 bits per heavy atom. The highest BCUT2D eigenvalue weighted by Crippen LogP contribution is 2.27. The minimum absolute atomic E-state index is 0.572. The summed E-state index contributed by atoms with van der Waals surface area (Å²) < 4.78 is 0. The van der Waals surface area contributed by atoms with Crippen LogP contribution in [0.25, 0.3) is 0 Å². The van der Waals surface area contributed by atoms with Gasteiger partial charge in [0.1, 0.15) is 5.82 Å². The molecule has 0 saturated heterocycles. The number of nitrogens with one attached hydrogen (secondary N) is 2. The van der Waals surface area contributed by atoms with E-state index < -0.39 is 0 Å². The molecule has 3 nitrogen and oxygen atoms in total. The van der Waals surface area contributed by atoms with E-state index >= 15 is 0 Å². The third-order valence-electron chi connectivity index (χ3n) is 3.08. The minimum atomic E-state index is 0.572. The van der Waals surface area contributed by atoms with Crippen LogP contribution >= 0.6 is 47.2 Å². The summed E-state index contributed by atoms with van der Waals surface area (Å²) >= 11 is 19.3. The first-order valence-electron chi connectivity index (χ1n) is 7.05. The van der Waals surface area contributed by atoms with E-state index in [0.717, 1.165) is 35.0 Å². The Morgan fingerprint density at radius 2 is 1.96 bits per heavy atom. The van der Waals surface area contributed by atoms with Crippen molar-refractivity contribution < 1.29 is 0 Å². The first-order valence-corrected chi connectivity index (χ1v) is 9.37. The number of hydrogen-bond donors (Lipinski definition) is 2. The molecule has 23 heavy (non-hydrogen) atoms. The first kappa shape index (κ1) is 18.3. The van der Waals surface area contributed by atoms with E-state index in [4.69, 9.17) is 35.4 Å². The van der Waals surface area contributed by atoms with Gasteiger partial charge in [-0.1, -0.05) is 35.3 Å². The van der Waals surface area contributed by atoms with Crippen molar-refractivity contribution in [1.29, 1.82) is 0 Å². The molecule has 1 heterocycles. The molecule has 0 atom stereocenters. The summed E-state index contributed by atoms with van der Waals surface area (Å²) in [7, 11) is 0. The lowest BCUT2D eigenvalue weighted by atomic mass is 10.2. The molecule has 2 rings (SSSR count). The van der Waals surface area contributed by atoms with Gasteiger partial charge in [0, 0.05) is 34.3 Å². The number of thiocarbonyl (C=S) groups is 1. The van der Waals surface area contributed by atoms with Crippen LogP contribution in [0.1, 0.15) is 11.1 Å². The van der Waals surface area contributed by atoms with Crippen molar-refractivity contribution in [3.05, 3.63) is 57.7 Å². The van der Waals surface area contributed by atoms with Crippen molar-refractivity contribution in [3.8, 4) is 0 Å². The fourth-order valence-electron chi connectivity index (χ4n) is 1.85. The molecular weight excluding hydrogens is 369 g/mol. The lowest BCUT2D eigenvalue weighted by Crippen LogP contribution is -2.30. The van der Waals surface area contributed by atoms with Crippen molar-refractivity contribution in [2.75, 3.05) is 17.6 Å². The maximum absolute atomic E-state index is 6.15. The van der Waals surface area contributed by atoms with Crippen molar-refractivity contribution in [2.24, 2.45) is 0 Å². The molecule has 0 saturated carbocycles. The standard InChI is InChI=1S/C16H17Cl2N3S2/c1-11-4-3-7-19-15(11)21-16(22)20-8-9-23-10-12-13(17)5-2-6-14(12)18/h2-7H,8-10H2,1H3,(H2,19,20,21,22). The molecule has 1 aromatic carbocycles. The summed E-state index contributed by atoms with van der Waals surface area (Å²) in [5.74, 6) is 2.45. The fraction of sp³-hybridized carbons (Fsp3) is 0.250. The van der Waals surface area contributed by atoms with Gasteiger partial charge >= 0.3 is 0 Å². The van der Waals surface area contributed by atoms with Crippen molar-refractivity contribution in [1.82, 2.24) is 10.3 Å². The van der Waals surface area contributed by atoms with Crippen LogP contribution in [0.3, 0.4) is 0 Å². The predicted octanol–water partition coefficient (Wildman–Crippen LogP) is 4.92. The minimum Gasteiger partial charge on any atom is -0.362 e. The van der Waals surface area contributed by atoms with E-state index in [-0.39, 0.29) is 0 Å². The van der Waals surface area contributed by atoms with Crippen LogP contribution in [0, 0.1) is 6.92 Å². The number of aryl methyl sites for hydroxylation is 1. The zero-order valence-corrected chi connectivity index (χ0v) is 15.7. The molecule has 0 amide bonds. The van der Waals surface area contributed by atoms with E-state index in [1.807, 2.05) is 37.3 Å². The highest BCUT2D eigenvalue weighted by molar-refractivity contribution is 7.98. The maximum atomic E-state index is 6.15. The van der Waals surface area contributed by atoms with Crippen LogP contribution in [0.15, 0.2) is 36.5 Å². The summed E-state index contributed by atoms with van der Waals surface area (Å²) in [4.78, 5) is 4.25. The summed E-state index contributed by atoms with van der Waals surface area (Å²) in [5.41, 5.74) is 2.03. The number of rotatable bonds is 6. The molecule has 0 spiro atoms. The average molecular weight is 386 g/mol. The van der Waals surface area contributed by atoms with Crippen LogP contribution in [0.2, 0.25) is 10.0 Å². The summed E-state index contributed by atoms with van der Waals surface area (Å²) in [6, 6.07) is 9.45. The van der Waals surface area contributed by atoms with Gasteiger partial charge in [-0.05, 0) is 48.5 Å². The zero-order valence-electron chi connectivity index (χ0n) is 12.6. The maximum Gasteiger partial charge on any atom is 0.171 e. The van der Waals surface area contributed by atoms with Gasteiger partial charge in [0.25, 0.3) is 0 Å². The molecule has 1 aromatic heterocycles. The van der Waals surface area contributed by atoms with E-state index in [2.05, 4.69) is 15.6 Å². The van der Waals surface area contributed by atoms with Crippen molar-refractivity contribution >= 4 is 58.1 Å². The second-order valence-electron chi connectivity index (χ2n) is 4.80. The van der Waals surface area contributed by atoms with Crippen LogP contribution in [-0.2, 0) is 5.75 Å². The Balaban J connectivity index is 1.69. The van der Waals surface area contributed by atoms with Gasteiger partial charge in [0.05, 0.1) is 0 Å². The third-order valence-corrected chi connectivity index (χ3v) is 5.02. The number of anilines is 1. The molecule has 2 N–H and O–H groups in total. The molecule has 7 heteroatoms. The van der Waals surface area contributed by atoms with Gasteiger partial charge in [-0.3, -0.25) is 0 Å². The molecule has 0 aliphatic heterocycles. The van der Waals surface area contributed by atoms with Gasteiger partial charge in [0.15, 0.2) is 5.11 Å².